The highest BCUT2D eigenvalue weighted by Gasteiger charge is 2.26. The highest BCUT2D eigenvalue weighted by molar-refractivity contribution is 5.78. The molecule has 3 heterocycles. The maximum absolute atomic E-state index is 12.8. The average molecular weight is 490 g/mol. The largest absolute Gasteiger partial charge is 0.379 e. The number of hydrogen-bond acceptors (Lipinski definition) is 7. The topological polar surface area (TPSA) is 83.7 Å². The molecule has 0 radical (unpaired) electrons. The summed E-state index contributed by atoms with van der Waals surface area (Å²) in [6.07, 6.45) is 1.67. The molecule has 2 aromatic carbocycles. The van der Waals surface area contributed by atoms with Gasteiger partial charge in [0.1, 0.15) is 0 Å². The summed E-state index contributed by atoms with van der Waals surface area (Å²) in [6, 6.07) is 16.6. The van der Waals surface area contributed by atoms with Gasteiger partial charge in [0.25, 0.3) is 0 Å². The molecule has 5 rings (SSSR count). The molecule has 190 valence electrons. The van der Waals surface area contributed by atoms with E-state index in [1.165, 1.54) is 11.1 Å². The van der Waals surface area contributed by atoms with Gasteiger partial charge in [0.2, 0.25) is 17.6 Å². The lowest BCUT2D eigenvalue weighted by Crippen LogP contribution is -2.40. The standard InChI is InChI=1S/C28H35N5O3/c1-21-4-2-7-25(16-21)27-30-26(36-31-27)20-32-10-8-24(9-11-32)28(34)29-18-22-5-3-6-23(17-22)19-33-12-14-35-15-13-33/h2-7,16-17,24H,8-15,18-20H2,1H3,(H,29,34). The zero-order valence-corrected chi connectivity index (χ0v) is 21.0. The molecule has 1 N–H and O–H groups in total. The van der Waals surface area contributed by atoms with Gasteiger partial charge in [0.05, 0.1) is 19.8 Å². The molecule has 2 aliphatic heterocycles. The van der Waals surface area contributed by atoms with Gasteiger partial charge in [0.15, 0.2) is 0 Å². The number of likely N-dealkylation sites (tertiary alicyclic amines) is 1. The summed E-state index contributed by atoms with van der Waals surface area (Å²) >= 11 is 0. The maximum Gasteiger partial charge on any atom is 0.241 e. The van der Waals surface area contributed by atoms with Gasteiger partial charge in [-0.05, 0) is 50.0 Å². The zero-order valence-electron chi connectivity index (χ0n) is 21.0. The molecule has 0 atom stereocenters. The molecule has 2 fully saturated rings. The third kappa shape index (κ3) is 6.57. The quantitative estimate of drug-likeness (QED) is 0.519. The molecule has 3 aromatic rings. The fourth-order valence-electron chi connectivity index (χ4n) is 4.95. The number of carbonyl (C=O) groups excluding carboxylic acids is 1. The van der Waals surface area contributed by atoms with Crippen molar-refractivity contribution in [1.82, 2.24) is 25.3 Å². The first-order chi connectivity index (χ1) is 17.6. The molecule has 8 nitrogen and oxygen atoms in total. The molecule has 8 heteroatoms. The van der Waals surface area contributed by atoms with Crippen molar-refractivity contribution in [1.29, 1.82) is 0 Å². The predicted octanol–water partition coefficient (Wildman–Crippen LogP) is 3.41. The van der Waals surface area contributed by atoms with Crippen LogP contribution in [0.5, 0.6) is 0 Å². The van der Waals surface area contributed by atoms with Crippen molar-refractivity contribution in [2.75, 3.05) is 39.4 Å². The first kappa shape index (κ1) is 24.6. The van der Waals surface area contributed by atoms with E-state index in [0.29, 0.717) is 24.8 Å². The van der Waals surface area contributed by atoms with Gasteiger partial charge >= 0.3 is 0 Å². The number of amides is 1. The number of rotatable bonds is 8. The Morgan fingerprint density at radius 2 is 1.72 bits per heavy atom. The number of aryl methyl sites for hydroxylation is 1. The highest BCUT2D eigenvalue weighted by Crippen LogP contribution is 2.21. The Bertz CT molecular complexity index is 1150. The van der Waals surface area contributed by atoms with E-state index in [4.69, 9.17) is 9.26 Å². The number of nitrogens with zero attached hydrogens (tertiary/aromatic N) is 4. The van der Waals surface area contributed by atoms with E-state index < -0.39 is 0 Å². The second-order valence-corrected chi connectivity index (χ2v) is 9.86. The minimum absolute atomic E-state index is 0.0447. The Balaban J connectivity index is 1.06. The molecular weight excluding hydrogens is 454 g/mol. The van der Waals surface area contributed by atoms with Crippen LogP contribution in [0.25, 0.3) is 11.4 Å². The molecule has 0 unspecified atom stereocenters. The van der Waals surface area contributed by atoms with E-state index in [2.05, 4.69) is 68.6 Å². The minimum atomic E-state index is 0.0447. The Hall–Kier alpha value is -3.07. The summed E-state index contributed by atoms with van der Waals surface area (Å²) in [5.41, 5.74) is 4.56. The Morgan fingerprint density at radius 3 is 2.53 bits per heavy atom. The molecule has 2 saturated heterocycles. The molecule has 0 spiro atoms. The van der Waals surface area contributed by atoms with Gasteiger partial charge in [-0.3, -0.25) is 14.6 Å². The van der Waals surface area contributed by atoms with Crippen LogP contribution in [0.1, 0.15) is 35.4 Å². The van der Waals surface area contributed by atoms with E-state index in [0.717, 1.165) is 69.9 Å². The molecule has 1 amide bonds. The van der Waals surface area contributed by atoms with E-state index in [1.807, 2.05) is 12.1 Å². The van der Waals surface area contributed by atoms with Gasteiger partial charge in [0, 0.05) is 37.7 Å². The van der Waals surface area contributed by atoms with Crippen molar-refractivity contribution < 1.29 is 14.1 Å². The van der Waals surface area contributed by atoms with Crippen molar-refractivity contribution in [2.45, 2.75) is 39.4 Å². The Kier molecular flexibility index (Phi) is 8.05. The SMILES string of the molecule is Cc1cccc(-c2noc(CN3CCC(C(=O)NCc4cccc(CN5CCOCC5)c4)CC3)n2)c1. The van der Waals surface area contributed by atoms with Crippen LogP contribution in [0.15, 0.2) is 53.1 Å². The van der Waals surface area contributed by atoms with Crippen LogP contribution in [-0.4, -0.2) is 65.2 Å². The summed E-state index contributed by atoms with van der Waals surface area (Å²) < 4.78 is 10.9. The number of carbonyl (C=O) groups is 1. The third-order valence-corrected chi connectivity index (χ3v) is 7.03. The number of ether oxygens (including phenoxy) is 1. The molecule has 0 aliphatic carbocycles. The molecule has 0 bridgehead atoms. The smallest absolute Gasteiger partial charge is 0.241 e. The average Bonchev–Trinajstić information content (AvgIpc) is 3.37. The molecule has 36 heavy (non-hydrogen) atoms. The fourth-order valence-corrected chi connectivity index (χ4v) is 4.95. The van der Waals surface area contributed by atoms with Crippen LogP contribution in [-0.2, 0) is 29.2 Å². The number of aromatic nitrogens is 2. The third-order valence-electron chi connectivity index (χ3n) is 7.03. The number of piperidine rings is 1. The summed E-state index contributed by atoms with van der Waals surface area (Å²) in [5.74, 6) is 1.43. The monoisotopic (exact) mass is 489 g/mol. The predicted molar refractivity (Wildman–Crippen MR) is 137 cm³/mol. The van der Waals surface area contributed by atoms with Crippen molar-refractivity contribution >= 4 is 5.91 Å². The van der Waals surface area contributed by atoms with E-state index in [9.17, 15) is 4.79 Å². The lowest BCUT2D eigenvalue weighted by atomic mass is 9.96. The van der Waals surface area contributed by atoms with Crippen LogP contribution in [0, 0.1) is 12.8 Å². The molecule has 0 saturated carbocycles. The summed E-state index contributed by atoms with van der Waals surface area (Å²) in [4.78, 5) is 22.1. The number of benzene rings is 2. The maximum atomic E-state index is 12.8. The summed E-state index contributed by atoms with van der Waals surface area (Å²) in [6.45, 7) is 9.40. The van der Waals surface area contributed by atoms with Gasteiger partial charge in [-0.1, -0.05) is 53.2 Å². The highest BCUT2D eigenvalue weighted by atomic mass is 16.5. The van der Waals surface area contributed by atoms with Crippen molar-refractivity contribution in [3.63, 3.8) is 0 Å². The normalized spacial score (nSPS) is 17.8. The Morgan fingerprint density at radius 1 is 0.972 bits per heavy atom. The first-order valence-electron chi connectivity index (χ1n) is 12.9. The van der Waals surface area contributed by atoms with Gasteiger partial charge in [-0.15, -0.1) is 0 Å². The minimum Gasteiger partial charge on any atom is -0.379 e. The second kappa shape index (κ2) is 11.8. The number of nitrogens with one attached hydrogen (secondary N) is 1. The molecular formula is C28H35N5O3. The molecule has 2 aliphatic rings. The van der Waals surface area contributed by atoms with Crippen molar-refractivity contribution in [2.24, 2.45) is 5.92 Å². The van der Waals surface area contributed by atoms with Crippen LogP contribution in [0.3, 0.4) is 0 Å². The number of hydrogen-bond donors (Lipinski definition) is 1. The lowest BCUT2D eigenvalue weighted by molar-refractivity contribution is -0.126. The van der Waals surface area contributed by atoms with Crippen molar-refractivity contribution in [3.8, 4) is 11.4 Å². The van der Waals surface area contributed by atoms with Crippen LogP contribution in [0.4, 0.5) is 0 Å². The van der Waals surface area contributed by atoms with Crippen LogP contribution < -0.4 is 5.32 Å². The van der Waals surface area contributed by atoms with Crippen LogP contribution in [0.2, 0.25) is 0 Å². The number of morpholine rings is 1. The zero-order chi connectivity index (χ0) is 24.7. The van der Waals surface area contributed by atoms with Crippen LogP contribution >= 0.6 is 0 Å². The van der Waals surface area contributed by atoms with E-state index >= 15 is 0 Å². The van der Waals surface area contributed by atoms with Gasteiger partial charge in [-0.2, -0.15) is 4.98 Å². The lowest BCUT2D eigenvalue weighted by Gasteiger charge is -2.30. The van der Waals surface area contributed by atoms with E-state index in [1.54, 1.807) is 0 Å². The van der Waals surface area contributed by atoms with Gasteiger partial charge < -0.3 is 14.6 Å². The fraction of sp³-hybridized carbons (Fsp3) is 0.464. The summed E-state index contributed by atoms with van der Waals surface area (Å²) in [5, 5.41) is 7.30. The van der Waals surface area contributed by atoms with Gasteiger partial charge in [-0.25, -0.2) is 0 Å². The van der Waals surface area contributed by atoms with Crippen molar-refractivity contribution in [3.05, 3.63) is 71.1 Å². The molecule has 1 aromatic heterocycles. The summed E-state index contributed by atoms with van der Waals surface area (Å²) in [7, 11) is 0. The second-order valence-electron chi connectivity index (χ2n) is 9.86. The first-order valence-corrected chi connectivity index (χ1v) is 12.9. The Labute approximate surface area is 212 Å². The van der Waals surface area contributed by atoms with E-state index in [-0.39, 0.29) is 11.8 Å².